The quantitative estimate of drug-likeness (QED) is 0.919. The molecule has 2 aromatic rings. The van der Waals surface area contributed by atoms with Crippen LogP contribution in [0.25, 0.3) is 0 Å². The number of aryl methyl sites for hydroxylation is 2. The van der Waals surface area contributed by atoms with Crippen LogP contribution in [0.5, 0.6) is 11.6 Å². The minimum absolute atomic E-state index is 0.447. The largest absolute Gasteiger partial charge is 0.437 e. The van der Waals surface area contributed by atoms with Crippen molar-refractivity contribution in [2.24, 2.45) is 0 Å². The van der Waals surface area contributed by atoms with Gasteiger partial charge in [0.25, 0.3) is 0 Å². The highest BCUT2D eigenvalue weighted by Crippen LogP contribution is 2.28. The van der Waals surface area contributed by atoms with Gasteiger partial charge in [0.15, 0.2) is 0 Å². The SMILES string of the molecule is CNc1cncc(Oc2cc(C)c(Cl)c(C)c2)n1. The van der Waals surface area contributed by atoms with Gasteiger partial charge in [-0.05, 0) is 37.1 Å². The molecule has 1 heterocycles. The molecule has 0 spiro atoms. The van der Waals surface area contributed by atoms with Crippen molar-refractivity contribution in [3.8, 4) is 11.6 Å². The zero-order valence-electron chi connectivity index (χ0n) is 10.5. The van der Waals surface area contributed by atoms with Gasteiger partial charge >= 0.3 is 0 Å². The van der Waals surface area contributed by atoms with Crippen LogP contribution in [0.4, 0.5) is 5.82 Å². The van der Waals surface area contributed by atoms with Gasteiger partial charge in [0.1, 0.15) is 11.6 Å². The second kappa shape index (κ2) is 5.23. The molecule has 5 heteroatoms. The fourth-order valence-corrected chi connectivity index (χ4v) is 1.71. The van der Waals surface area contributed by atoms with Crippen LogP contribution in [0, 0.1) is 13.8 Å². The third-order valence-corrected chi connectivity index (χ3v) is 3.10. The van der Waals surface area contributed by atoms with Crippen LogP contribution in [-0.2, 0) is 0 Å². The Balaban J connectivity index is 2.28. The van der Waals surface area contributed by atoms with Gasteiger partial charge in [-0.25, -0.2) is 0 Å². The second-order valence-corrected chi connectivity index (χ2v) is 4.34. The molecule has 0 aliphatic rings. The van der Waals surface area contributed by atoms with E-state index in [9.17, 15) is 0 Å². The molecule has 1 aromatic carbocycles. The van der Waals surface area contributed by atoms with Gasteiger partial charge in [0.2, 0.25) is 5.88 Å². The maximum absolute atomic E-state index is 6.11. The van der Waals surface area contributed by atoms with E-state index in [4.69, 9.17) is 16.3 Å². The van der Waals surface area contributed by atoms with Crippen molar-refractivity contribution in [3.05, 3.63) is 40.7 Å². The smallest absolute Gasteiger partial charge is 0.239 e. The molecule has 1 aromatic heterocycles. The zero-order chi connectivity index (χ0) is 13.1. The Morgan fingerprint density at radius 2 is 1.83 bits per heavy atom. The second-order valence-electron chi connectivity index (χ2n) is 3.97. The molecular formula is C13H14ClN3O. The Morgan fingerprint density at radius 1 is 1.17 bits per heavy atom. The van der Waals surface area contributed by atoms with Gasteiger partial charge in [0.05, 0.1) is 12.4 Å². The van der Waals surface area contributed by atoms with E-state index in [1.807, 2.05) is 26.0 Å². The maximum Gasteiger partial charge on any atom is 0.239 e. The van der Waals surface area contributed by atoms with E-state index in [1.54, 1.807) is 19.4 Å². The van der Waals surface area contributed by atoms with Crippen LogP contribution >= 0.6 is 11.6 Å². The summed E-state index contributed by atoms with van der Waals surface area (Å²) in [5.41, 5.74) is 1.95. The maximum atomic E-state index is 6.11. The Hall–Kier alpha value is -1.81. The van der Waals surface area contributed by atoms with E-state index in [0.717, 1.165) is 16.1 Å². The van der Waals surface area contributed by atoms with Crippen LogP contribution in [0.2, 0.25) is 5.02 Å². The first kappa shape index (κ1) is 12.6. The average molecular weight is 264 g/mol. The molecule has 18 heavy (non-hydrogen) atoms. The average Bonchev–Trinajstić information content (AvgIpc) is 2.36. The van der Waals surface area contributed by atoms with Gasteiger partial charge in [-0.1, -0.05) is 11.6 Å². The van der Waals surface area contributed by atoms with E-state index in [1.165, 1.54) is 0 Å². The van der Waals surface area contributed by atoms with Gasteiger partial charge in [-0.15, -0.1) is 0 Å². The van der Waals surface area contributed by atoms with Crippen molar-refractivity contribution in [2.75, 3.05) is 12.4 Å². The molecule has 4 nitrogen and oxygen atoms in total. The molecule has 0 saturated carbocycles. The monoisotopic (exact) mass is 263 g/mol. The molecule has 0 radical (unpaired) electrons. The van der Waals surface area contributed by atoms with E-state index in [2.05, 4.69) is 15.3 Å². The van der Waals surface area contributed by atoms with Gasteiger partial charge in [-0.2, -0.15) is 4.98 Å². The minimum Gasteiger partial charge on any atom is -0.437 e. The van der Waals surface area contributed by atoms with Crippen molar-refractivity contribution in [1.29, 1.82) is 0 Å². The molecule has 0 bridgehead atoms. The number of aromatic nitrogens is 2. The lowest BCUT2D eigenvalue weighted by Crippen LogP contribution is -1.96. The molecule has 0 unspecified atom stereocenters. The molecule has 0 saturated heterocycles. The first-order chi connectivity index (χ1) is 8.60. The first-order valence-electron chi connectivity index (χ1n) is 5.54. The fourth-order valence-electron chi connectivity index (χ4n) is 1.60. The number of ether oxygens (including phenoxy) is 1. The summed E-state index contributed by atoms with van der Waals surface area (Å²) < 4.78 is 5.67. The third-order valence-electron chi connectivity index (χ3n) is 2.50. The molecule has 94 valence electrons. The van der Waals surface area contributed by atoms with E-state index in [-0.39, 0.29) is 0 Å². The first-order valence-corrected chi connectivity index (χ1v) is 5.92. The summed E-state index contributed by atoms with van der Waals surface area (Å²) in [4.78, 5) is 8.28. The highest BCUT2D eigenvalue weighted by Gasteiger charge is 2.06. The number of benzene rings is 1. The summed E-state index contributed by atoms with van der Waals surface area (Å²) >= 11 is 6.11. The molecule has 0 atom stereocenters. The van der Waals surface area contributed by atoms with Crippen LogP contribution in [0.1, 0.15) is 11.1 Å². The van der Waals surface area contributed by atoms with Crippen molar-refractivity contribution in [1.82, 2.24) is 9.97 Å². The number of nitrogens with zero attached hydrogens (tertiary/aromatic N) is 2. The van der Waals surface area contributed by atoms with Crippen molar-refractivity contribution < 1.29 is 4.74 Å². The summed E-state index contributed by atoms with van der Waals surface area (Å²) in [6, 6.07) is 3.76. The molecule has 0 fully saturated rings. The normalized spacial score (nSPS) is 10.2. The summed E-state index contributed by atoms with van der Waals surface area (Å²) in [6.07, 6.45) is 3.20. The summed E-state index contributed by atoms with van der Waals surface area (Å²) in [5.74, 6) is 1.81. The molecule has 0 aliphatic carbocycles. The summed E-state index contributed by atoms with van der Waals surface area (Å²) in [6.45, 7) is 3.88. The predicted octanol–water partition coefficient (Wildman–Crippen LogP) is 3.58. The standard InChI is InChI=1S/C13H14ClN3O/c1-8-4-10(5-9(2)13(8)14)18-12-7-16-6-11(15-3)17-12/h4-7H,1-3H3,(H,15,17). The lowest BCUT2D eigenvalue weighted by atomic mass is 10.1. The molecular weight excluding hydrogens is 250 g/mol. The molecule has 2 rings (SSSR count). The predicted molar refractivity (Wildman–Crippen MR) is 72.6 cm³/mol. The van der Waals surface area contributed by atoms with Crippen LogP contribution in [0.3, 0.4) is 0 Å². The van der Waals surface area contributed by atoms with E-state index in [0.29, 0.717) is 17.4 Å². The highest BCUT2D eigenvalue weighted by molar-refractivity contribution is 6.32. The topological polar surface area (TPSA) is 47.0 Å². The highest BCUT2D eigenvalue weighted by atomic mass is 35.5. The third kappa shape index (κ3) is 2.71. The van der Waals surface area contributed by atoms with E-state index >= 15 is 0 Å². The Kier molecular flexibility index (Phi) is 3.67. The van der Waals surface area contributed by atoms with Crippen LogP contribution in [0.15, 0.2) is 24.5 Å². The van der Waals surface area contributed by atoms with Crippen molar-refractivity contribution in [2.45, 2.75) is 13.8 Å². The molecule has 0 amide bonds. The Bertz CT molecular complexity index is 549. The van der Waals surface area contributed by atoms with Gasteiger partial charge < -0.3 is 10.1 Å². The Labute approximate surface area is 111 Å². The Morgan fingerprint density at radius 3 is 2.44 bits per heavy atom. The number of hydrogen-bond donors (Lipinski definition) is 1. The molecule has 0 aliphatic heterocycles. The number of halogens is 1. The van der Waals surface area contributed by atoms with Gasteiger partial charge in [-0.3, -0.25) is 4.98 Å². The number of hydrogen-bond acceptors (Lipinski definition) is 4. The van der Waals surface area contributed by atoms with Crippen LogP contribution < -0.4 is 10.1 Å². The van der Waals surface area contributed by atoms with Crippen molar-refractivity contribution in [3.63, 3.8) is 0 Å². The van der Waals surface area contributed by atoms with Crippen molar-refractivity contribution >= 4 is 17.4 Å². The molecule has 1 N–H and O–H groups in total. The zero-order valence-corrected chi connectivity index (χ0v) is 11.2. The fraction of sp³-hybridized carbons (Fsp3) is 0.231. The minimum atomic E-state index is 0.447. The van der Waals surface area contributed by atoms with Gasteiger partial charge in [0, 0.05) is 12.1 Å². The summed E-state index contributed by atoms with van der Waals surface area (Å²) in [5, 5.41) is 3.67. The van der Waals surface area contributed by atoms with Crippen LogP contribution in [-0.4, -0.2) is 17.0 Å². The lowest BCUT2D eigenvalue weighted by molar-refractivity contribution is 0.460. The number of rotatable bonds is 3. The number of anilines is 1. The number of nitrogens with one attached hydrogen (secondary N) is 1. The van der Waals surface area contributed by atoms with E-state index < -0.39 is 0 Å². The summed E-state index contributed by atoms with van der Waals surface area (Å²) in [7, 11) is 1.78. The lowest BCUT2D eigenvalue weighted by Gasteiger charge is -2.09.